The number of rotatable bonds is 7. The first kappa shape index (κ1) is 20.5. The Kier molecular flexibility index (Phi) is 6.74. The summed E-state index contributed by atoms with van der Waals surface area (Å²) < 4.78 is 12.2. The van der Waals surface area contributed by atoms with E-state index < -0.39 is 0 Å². The predicted molar refractivity (Wildman–Crippen MR) is 119 cm³/mol. The number of halogens is 1. The summed E-state index contributed by atoms with van der Waals surface area (Å²) in [6, 6.07) is 13.6. The molecule has 0 spiro atoms. The Morgan fingerprint density at radius 3 is 2.90 bits per heavy atom. The Morgan fingerprint density at radius 1 is 1.23 bits per heavy atom. The molecule has 1 saturated heterocycles. The van der Waals surface area contributed by atoms with Gasteiger partial charge in [0.1, 0.15) is 11.6 Å². The van der Waals surface area contributed by atoms with Crippen LogP contribution in [0.15, 0.2) is 47.1 Å². The Bertz CT molecular complexity index is 1060. The highest BCUT2D eigenvalue weighted by atomic mass is 79.9. The first-order valence-electron chi connectivity index (χ1n) is 9.88. The normalized spacial score (nSPS) is 14.4. The molecule has 0 bridgehead atoms. The summed E-state index contributed by atoms with van der Waals surface area (Å²) in [6.45, 7) is 5.11. The van der Waals surface area contributed by atoms with Gasteiger partial charge in [0.2, 0.25) is 5.88 Å². The molecule has 1 aromatic carbocycles. The van der Waals surface area contributed by atoms with E-state index in [4.69, 9.17) is 9.47 Å². The standard InChI is InChI=1S/C22H22BrN5O2/c23-17-3-1-4-18(13-17)26-21-16(14-24)15-25-19-5-6-20(27-22(19)21)30-10-2-7-28-8-11-29-12-9-28/h1,3-6,13,15H,2,7-12H2,(H,25,26). The molecule has 0 amide bonds. The zero-order valence-electron chi connectivity index (χ0n) is 16.5. The van der Waals surface area contributed by atoms with Crippen LogP contribution in [0.25, 0.3) is 11.0 Å². The number of fused-ring (bicyclic) bond motifs is 1. The Labute approximate surface area is 183 Å². The first-order chi connectivity index (χ1) is 14.7. The van der Waals surface area contributed by atoms with E-state index in [9.17, 15) is 5.26 Å². The van der Waals surface area contributed by atoms with Gasteiger partial charge in [0.05, 0.1) is 36.6 Å². The second-order valence-electron chi connectivity index (χ2n) is 6.97. The zero-order valence-corrected chi connectivity index (χ0v) is 18.1. The van der Waals surface area contributed by atoms with Gasteiger partial charge in [-0.2, -0.15) is 5.26 Å². The minimum atomic E-state index is 0.430. The van der Waals surface area contributed by atoms with E-state index in [2.05, 4.69) is 42.2 Å². The fourth-order valence-corrected chi connectivity index (χ4v) is 3.74. The monoisotopic (exact) mass is 467 g/mol. The number of ether oxygens (including phenoxy) is 2. The van der Waals surface area contributed by atoms with Crippen LogP contribution in [0.1, 0.15) is 12.0 Å². The molecule has 1 N–H and O–H groups in total. The van der Waals surface area contributed by atoms with Gasteiger partial charge in [0.15, 0.2) is 0 Å². The molecule has 0 radical (unpaired) electrons. The van der Waals surface area contributed by atoms with E-state index in [1.54, 1.807) is 6.20 Å². The molecular weight excluding hydrogens is 446 g/mol. The molecule has 0 aliphatic carbocycles. The Morgan fingerprint density at radius 2 is 2.10 bits per heavy atom. The molecule has 8 heteroatoms. The largest absolute Gasteiger partial charge is 0.478 e. The molecule has 0 saturated carbocycles. The molecule has 1 fully saturated rings. The lowest BCUT2D eigenvalue weighted by molar-refractivity contribution is 0.0357. The highest BCUT2D eigenvalue weighted by molar-refractivity contribution is 9.10. The van der Waals surface area contributed by atoms with Crippen LogP contribution in [0.5, 0.6) is 5.88 Å². The third kappa shape index (κ3) is 5.05. The fraction of sp³-hybridized carbons (Fsp3) is 0.318. The lowest BCUT2D eigenvalue weighted by atomic mass is 10.2. The van der Waals surface area contributed by atoms with Gasteiger partial charge in [-0.25, -0.2) is 4.98 Å². The Hall–Kier alpha value is -2.73. The summed E-state index contributed by atoms with van der Waals surface area (Å²) in [6.07, 6.45) is 2.48. The lowest BCUT2D eigenvalue weighted by Gasteiger charge is -2.26. The number of nitrogens with zero attached hydrogens (tertiary/aromatic N) is 4. The average molecular weight is 468 g/mol. The molecule has 3 heterocycles. The van der Waals surface area contributed by atoms with Gasteiger partial charge < -0.3 is 14.8 Å². The minimum absolute atomic E-state index is 0.430. The lowest BCUT2D eigenvalue weighted by Crippen LogP contribution is -2.37. The second-order valence-corrected chi connectivity index (χ2v) is 7.88. The molecule has 4 rings (SSSR count). The van der Waals surface area contributed by atoms with Crippen LogP contribution in [0.3, 0.4) is 0 Å². The molecule has 3 aromatic rings. The van der Waals surface area contributed by atoms with Crippen LogP contribution in [0.4, 0.5) is 11.4 Å². The molecular formula is C22H22BrN5O2. The average Bonchev–Trinajstić information content (AvgIpc) is 2.78. The second kappa shape index (κ2) is 9.85. The summed E-state index contributed by atoms with van der Waals surface area (Å²) in [4.78, 5) is 11.4. The number of pyridine rings is 2. The van der Waals surface area contributed by atoms with Crippen molar-refractivity contribution in [2.24, 2.45) is 0 Å². The van der Waals surface area contributed by atoms with Gasteiger partial charge in [-0.15, -0.1) is 0 Å². The first-order valence-corrected chi connectivity index (χ1v) is 10.7. The van der Waals surface area contributed by atoms with Crippen LogP contribution in [-0.4, -0.2) is 54.3 Å². The van der Waals surface area contributed by atoms with E-state index in [-0.39, 0.29) is 0 Å². The van der Waals surface area contributed by atoms with Crippen molar-refractivity contribution in [1.29, 1.82) is 5.26 Å². The van der Waals surface area contributed by atoms with E-state index in [1.165, 1.54) is 0 Å². The molecule has 30 heavy (non-hydrogen) atoms. The van der Waals surface area contributed by atoms with E-state index in [0.29, 0.717) is 34.8 Å². The van der Waals surface area contributed by atoms with Gasteiger partial charge in [-0.05, 0) is 30.7 Å². The van der Waals surface area contributed by atoms with Crippen molar-refractivity contribution >= 4 is 38.3 Å². The summed E-state index contributed by atoms with van der Waals surface area (Å²) in [7, 11) is 0. The third-order valence-electron chi connectivity index (χ3n) is 4.87. The van der Waals surface area contributed by atoms with Gasteiger partial charge in [0, 0.05) is 42.1 Å². The predicted octanol–water partition coefficient (Wildman–Crippen LogP) is 4.11. The van der Waals surface area contributed by atoms with Crippen molar-refractivity contribution in [3.05, 3.63) is 52.6 Å². The van der Waals surface area contributed by atoms with Crippen LogP contribution in [-0.2, 0) is 4.74 Å². The highest BCUT2D eigenvalue weighted by Gasteiger charge is 2.13. The summed E-state index contributed by atoms with van der Waals surface area (Å²) in [5, 5.41) is 12.9. The maximum absolute atomic E-state index is 9.57. The summed E-state index contributed by atoms with van der Waals surface area (Å²) in [5.74, 6) is 0.527. The van der Waals surface area contributed by atoms with Crippen LogP contribution < -0.4 is 10.1 Å². The molecule has 1 aliphatic rings. The van der Waals surface area contributed by atoms with Crippen molar-refractivity contribution in [2.75, 3.05) is 44.8 Å². The smallest absolute Gasteiger partial charge is 0.213 e. The van der Waals surface area contributed by atoms with Crippen molar-refractivity contribution in [3.8, 4) is 11.9 Å². The van der Waals surface area contributed by atoms with Gasteiger partial charge in [-0.1, -0.05) is 22.0 Å². The molecule has 154 valence electrons. The van der Waals surface area contributed by atoms with Crippen LogP contribution in [0, 0.1) is 11.3 Å². The van der Waals surface area contributed by atoms with Crippen molar-refractivity contribution < 1.29 is 9.47 Å². The molecule has 7 nitrogen and oxygen atoms in total. The number of hydrogen-bond donors (Lipinski definition) is 1. The molecule has 0 atom stereocenters. The quantitative estimate of drug-likeness (QED) is 0.523. The SMILES string of the molecule is N#Cc1cnc2ccc(OCCCN3CCOCC3)nc2c1Nc1cccc(Br)c1. The number of morpholine rings is 1. The number of nitriles is 1. The van der Waals surface area contributed by atoms with E-state index in [0.717, 1.165) is 49.4 Å². The molecule has 1 aliphatic heterocycles. The number of anilines is 2. The van der Waals surface area contributed by atoms with Crippen molar-refractivity contribution in [1.82, 2.24) is 14.9 Å². The van der Waals surface area contributed by atoms with E-state index in [1.807, 2.05) is 36.4 Å². The molecule has 0 unspecified atom stereocenters. The number of nitrogens with one attached hydrogen (secondary N) is 1. The maximum Gasteiger partial charge on any atom is 0.213 e. The van der Waals surface area contributed by atoms with Crippen molar-refractivity contribution in [2.45, 2.75) is 6.42 Å². The molecule has 2 aromatic heterocycles. The van der Waals surface area contributed by atoms with Gasteiger partial charge >= 0.3 is 0 Å². The number of hydrogen-bond acceptors (Lipinski definition) is 7. The maximum atomic E-state index is 9.57. The minimum Gasteiger partial charge on any atom is -0.478 e. The number of benzene rings is 1. The van der Waals surface area contributed by atoms with Crippen molar-refractivity contribution in [3.63, 3.8) is 0 Å². The van der Waals surface area contributed by atoms with Crippen LogP contribution in [0.2, 0.25) is 0 Å². The fourth-order valence-electron chi connectivity index (χ4n) is 3.34. The van der Waals surface area contributed by atoms with Crippen LogP contribution >= 0.6 is 15.9 Å². The Balaban J connectivity index is 1.51. The summed E-state index contributed by atoms with van der Waals surface area (Å²) >= 11 is 3.47. The van der Waals surface area contributed by atoms with Gasteiger partial charge in [-0.3, -0.25) is 9.88 Å². The third-order valence-corrected chi connectivity index (χ3v) is 5.37. The highest BCUT2D eigenvalue weighted by Crippen LogP contribution is 2.29. The van der Waals surface area contributed by atoms with Gasteiger partial charge in [0.25, 0.3) is 0 Å². The number of aromatic nitrogens is 2. The topological polar surface area (TPSA) is 83.3 Å². The zero-order chi connectivity index (χ0) is 20.8. The van der Waals surface area contributed by atoms with E-state index >= 15 is 0 Å². The summed E-state index contributed by atoms with van der Waals surface area (Å²) in [5.41, 5.74) is 3.22.